The molecular formula is C24H26N10O. The number of carbonyl (C=O) groups is 1. The van der Waals surface area contributed by atoms with E-state index < -0.39 is 0 Å². The van der Waals surface area contributed by atoms with Gasteiger partial charge in [-0.3, -0.25) is 9.89 Å². The maximum atomic E-state index is 12.4. The van der Waals surface area contributed by atoms with E-state index >= 15 is 0 Å². The number of nitrogens with zero attached hydrogens (tertiary/aromatic N) is 6. The zero-order valence-electron chi connectivity index (χ0n) is 19.3. The smallest absolute Gasteiger partial charge is 0.255 e. The van der Waals surface area contributed by atoms with Crippen LogP contribution in [0.5, 0.6) is 0 Å². The van der Waals surface area contributed by atoms with Gasteiger partial charge in [0.25, 0.3) is 5.91 Å². The summed E-state index contributed by atoms with van der Waals surface area (Å²) in [5, 5.41) is 16.2. The van der Waals surface area contributed by atoms with Crippen LogP contribution in [0.15, 0.2) is 66.9 Å². The van der Waals surface area contributed by atoms with Crippen molar-refractivity contribution in [3.63, 3.8) is 0 Å². The molecule has 2 aromatic carbocycles. The summed E-state index contributed by atoms with van der Waals surface area (Å²) >= 11 is 0. The molecule has 0 bridgehead atoms. The maximum Gasteiger partial charge on any atom is 0.255 e. The standard InChI is InChI=1S/C24H26N10O/c1-33-13-15-34(16-14-33)24-30-22(29-23(31-24)28-20-11-12-25-32-20)27-19-9-7-18(8-10-19)26-21(35)17-5-3-2-4-6-17/h2-12H,13-16H2,1H3,(H,26,35)(H3,25,27,28,29,30,31,32). The van der Waals surface area contributed by atoms with Gasteiger partial charge in [-0.25, -0.2) is 0 Å². The molecule has 0 saturated carbocycles. The number of piperazine rings is 1. The molecule has 1 amide bonds. The molecule has 0 spiro atoms. The van der Waals surface area contributed by atoms with Gasteiger partial charge in [-0.05, 0) is 43.4 Å². The summed E-state index contributed by atoms with van der Waals surface area (Å²) < 4.78 is 0. The highest BCUT2D eigenvalue weighted by atomic mass is 16.1. The fraction of sp³-hybridized carbons (Fsp3) is 0.208. The predicted molar refractivity (Wildman–Crippen MR) is 136 cm³/mol. The highest BCUT2D eigenvalue weighted by Crippen LogP contribution is 2.22. The molecule has 1 fully saturated rings. The molecule has 4 aromatic rings. The number of aromatic amines is 1. The molecule has 178 valence electrons. The quantitative estimate of drug-likeness (QED) is 0.322. The highest BCUT2D eigenvalue weighted by molar-refractivity contribution is 6.04. The molecule has 1 aliphatic rings. The number of H-pyrrole nitrogens is 1. The summed E-state index contributed by atoms with van der Waals surface area (Å²) in [7, 11) is 2.11. The van der Waals surface area contributed by atoms with Crippen molar-refractivity contribution in [1.29, 1.82) is 0 Å². The topological polar surface area (TPSA) is 127 Å². The molecule has 11 nitrogen and oxygen atoms in total. The van der Waals surface area contributed by atoms with E-state index in [1.54, 1.807) is 24.4 Å². The normalized spacial score (nSPS) is 13.9. The molecule has 35 heavy (non-hydrogen) atoms. The number of rotatable bonds is 7. The van der Waals surface area contributed by atoms with E-state index in [9.17, 15) is 4.79 Å². The zero-order chi connectivity index (χ0) is 24.0. The molecular weight excluding hydrogens is 444 g/mol. The van der Waals surface area contributed by atoms with Crippen LogP contribution in [0.25, 0.3) is 0 Å². The van der Waals surface area contributed by atoms with Gasteiger partial charge >= 0.3 is 0 Å². The lowest BCUT2D eigenvalue weighted by Crippen LogP contribution is -2.45. The molecule has 0 unspecified atom stereocenters. The van der Waals surface area contributed by atoms with Gasteiger partial charge in [-0.2, -0.15) is 20.1 Å². The third-order valence-electron chi connectivity index (χ3n) is 5.59. The van der Waals surface area contributed by atoms with Crippen LogP contribution in [0.3, 0.4) is 0 Å². The molecule has 3 heterocycles. The Kier molecular flexibility index (Phi) is 6.48. The first-order chi connectivity index (χ1) is 17.1. The van der Waals surface area contributed by atoms with E-state index in [4.69, 9.17) is 0 Å². The predicted octanol–water partition coefficient (Wildman–Crippen LogP) is 3.09. The van der Waals surface area contributed by atoms with Crippen LogP contribution in [0, 0.1) is 0 Å². The van der Waals surface area contributed by atoms with Crippen LogP contribution in [0.2, 0.25) is 0 Å². The number of likely N-dealkylation sites (N-methyl/N-ethyl adjacent to an activating group) is 1. The molecule has 0 atom stereocenters. The minimum atomic E-state index is -0.158. The number of hydrogen-bond acceptors (Lipinski definition) is 9. The van der Waals surface area contributed by atoms with Crippen molar-refractivity contribution in [3.8, 4) is 0 Å². The number of anilines is 6. The van der Waals surface area contributed by atoms with Crippen molar-refractivity contribution in [1.82, 2.24) is 30.0 Å². The Balaban J connectivity index is 1.32. The van der Waals surface area contributed by atoms with Gasteiger partial charge in [0.15, 0.2) is 5.82 Å². The Morgan fingerprint density at radius 2 is 1.51 bits per heavy atom. The minimum absolute atomic E-state index is 0.158. The Labute approximate surface area is 202 Å². The van der Waals surface area contributed by atoms with Crippen molar-refractivity contribution < 1.29 is 4.79 Å². The summed E-state index contributed by atoms with van der Waals surface area (Å²) in [6.07, 6.45) is 1.72. The summed E-state index contributed by atoms with van der Waals surface area (Å²) in [5.41, 5.74) is 2.08. The van der Waals surface area contributed by atoms with Gasteiger partial charge in [0, 0.05) is 55.4 Å². The monoisotopic (exact) mass is 470 g/mol. The van der Waals surface area contributed by atoms with E-state index in [-0.39, 0.29) is 5.91 Å². The van der Waals surface area contributed by atoms with Gasteiger partial charge in [-0.15, -0.1) is 0 Å². The van der Waals surface area contributed by atoms with Crippen LogP contribution < -0.4 is 20.9 Å². The molecule has 0 radical (unpaired) electrons. The van der Waals surface area contributed by atoms with E-state index in [1.165, 1.54) is 0 Å². The average molecular weight is 471 g/mol. The third-order valence-corrected chi connectivity index (χ3v) is 5.59. The Hall–Kier alpha value is -4.51. The van der Waals surface area contributed by atoms with E-state index in [0.717, 1.165) is 31.9 Å². The lowest BCUT2D eigenvalue weighted by molar-refractivity contribution is 0.102. The molecule has 2 aromatic heterocycles. The lowest BCUT2D eigenvalue weighted by Gasteiger charge is -2.32. The van der Waals surface area contributed by atoms with Gasteiger partial charge in [-0.1, -0.05) is 18.2 Å². The Bertz CT molecular complexity index is 1250. The molecule has 4 N–H and O–H groups in total. The molecule has 11 heteroatoms. The summed E-state index contributed by atoms with van der Waals surface area (Å²) in [4.78, 5) is 30.6. The van der Waals surface area contributed by atoms with Crippen LogP contribution in [-0.4, -0.2) is 69.2 Å². The minimum Gasteiger partial charge on any atom is -0.338 e. The second kappa shape index (κ2) is 10.2. The number of benzene rings is 2. The summed E-state index contributed by atoms with van der Waals surface area (Å²) in [6.45, 7) is 3.54. The second-order valence-corrected chi connectivity index (χ2v) is 8.18. The fourth-order valence-corrected chi connectivity index (χ4v) is 3.63. The second-order valence-electron chi connectivity index (χ2n) is 8.18. The lowest BCUT2D eigenvalue weighted by atomic mass is 10.2. The van der Waals surface area contributed by atoms with Crippen LogP contribution in [-0.2, 0) is 0 Å². The largest absolute Gasteiger partial charge is 0.338 e. The first kappa shape index (κ1) is 22.3. The Morgan fingerprint density at radius 3 is 2.20 bits per heavy atom. The van der Waals surface area contributed by atoms with Crippen molar-refractivity contribution >= 4 is 40.9 Å². The number of hydrogen-bond donors (Lipinski definition) is 4. The van der Waals surface area contributed by atoms with Crippen LogP contribution in [0.1, 0.15) is 10.4 Å². The zero-order valence-corrected chi connectivity index (χ0v) is 19.3. The molecule has 0 aliphatic carbocycles. The van der Waals surface area contributed by atoms with Crippen molar-refractivity contribution in [3.05, 3.63) is 72.4 Å². The molecule has 5 rings (SSSR count). The van der Waals surface area contributed by atoms with Crippen LogP contribution in [0.4, 0.5) is 35.0 Å². The van der Waals surface area contributed by atoms with E-state index in [0.29, 0.717) is 34.9 Å². The first-order valence-electron chi connectivity index (χ1n) is 11.3. The third kappa shape index (κ3) is 5.71. The van der Waals surface area contributed by atoms with Crippen molar-refractivity contribution in [2.45, 2.75) is 0 Å². The van der Waals surface area contributed by atoms with E-state index in [1.807, 2.05) is 42.5 Å². The summed E-state index contributed by atoms with van der Waals surface area (Å²) in [5.74, 6) is 1.86. The number of nitrogens with one attached hydrogen (secondary N) is 4. The van der Waals surface area contributed by atoms with Crippen LogP contribution >= 0.6 is 0 Å². The molecule has 1 aliphatic heterocycles. The van der Waals surface area contributed by atoms with Crippen molar-refractivity contribution in [2.75, 3.05) is 54.1 Å². The van der Waals surface area contributed by atoms with Gasteiger partial charge in [0.05, 0.1) is 0 Å². The van der Waals surface area contributed by atoms with Gasteiger partial charge in [0.2, 0.25) is 17.8 Å². The maximum absolute atomic E-state index is 12.4. The fourth-order valence-electron chi connectivity index (χ4n) is 3.63. The first-order valence-corrected chi connectivity index (χ1v) is 11.3. The Morgan fingerprint density at radius 1 is 0.829 bits per heavy atom. The van der Waals surface area contributed by atoms with E-state index in [2.05, 4.69) is 57.9 Å². The summed E-state index contributed by atoms with van der Waals surface area (Å²) in [6, 6.07) is 18.3. The number of amides is 1. The van der Waals surface area contributed by atoms with Gasteiger partial charge < -0.3 is 25.8 Å². The number of carbonyl (C=O) groups excluding carboxylic acids is 1. The molecule has 1 saturated heterocycles. The SMILES string of the molecule is CN1CCN(c2nc(Nc3ccc(NC(=O)c4ccccc4)cc3)nc(Nc3cc[nH]n3)n2)CC1. The number of aromatic nitrogens is 5. The van der Waals surface area contributed by atoms with Crippen molar-refractivity contribution in [2.24, 2.45) is 0 Å². The van der Waals surface area contributed by atoms with Gasteiger partial charge in [0.1, 0.15) is 0 Å². The highest BCUT2D eigenvalue weighted by Gasteiger charge is 2.19. The average Bonchev–Trinajstić information content (AvgIpc) is 3.39.